The SMILES string of the molecule is CCOC(=O)c1nc(Cl)c2cn(C)nc2n1. The van der Waals surface area contributed by atoms with Crippen molar-refractivity contribution in [1.82, 2.24) is 19.7 Å². The highest BCUT2D eigenvalue weighted by Gasteiger charge is 2.15. The molecule has 0 unspecified atom stereocenters. The van der Waals surface area contributed by atoms with Gasteiger partial charge in [-0.25, -0.2) is 9.78 Å². The molecule has 0 spiro atoms. The van der Waals surface area contributed by atoms with Crippen LogP contribution in [-0.4, -0.2) is 32.3 Å². The summed E-state index contributed by atoms with van der Waals surface area (Å²) in [5.74, 6) is -0.671. The number of nitrogens with zero attached hydrogens (tertiary/aromatic N) is 4. The minimum Gasteiger partial charge on any atom is -0.460 e. The van der Waals surface area contributed by atoms with Crippen molar-refractivity contribution in [2.45, 2.75) is 6.92 Å². The summed E-state index contributed by atoms with van der Waals surface area (Å²) in [7, 11) is 1.74. The van der Waals surface area contributed by atoms with Gasteiger partial charge in [-0.2, -0.15) is 10.1 Å². The molecule has 0 aliphatic carbocycles. The Hall–Kier alpha value is -1.69. The average Bonchev–Trinajstić information content (AvgIpc) is 2.59. The van der Waals surface area contributed by atoms with E-state index in [-0.39, 0.29) is 17.6 Å². The molecule has 2 rings (SSSR count). The van der Waals surface area contributed by atoms with Gasteiger partial charge in [-0.15, -0.1) is 0 Å². The molecule has 0 aliphatic rings. The second kappa shape index (κ2) is 4.05. The summed E-state index contributed by atoms with van der Waals surface area (Å²) < 4.78 is 6.34. The molecule has 0 aromatic carbocycles. The lowest BCUT2D eigenvalue weighted by Crippen LogP contribution is -2.09. The molecule has 2 aromatic rings. The van der Waals surface area contributed by atoms with E-state index in [1.54, 1.807) is 24.9 Å². The van der Waals surface area contributed by atoms with Gasteiger partial charge in [0, 0.05) is 13.2 Å². The summed E-state index contributed by atoms with van der Waals surface area (Å²) in [6, 6.07) is 0. The van der Waals surface area contributed by atoms with Gasteiger partial charge in [0.1, 0.15) is 5.15 Å². The second-order valence-corrected chi connectivity index (χ2v) is 3.46. The molecule has 0 amide bonds. The summed E-state index contributed by atoms with van der Waals surface area (Å²) in [5.41, 5.74) is 0.380. The molecule has 0 radical (unpaired) electrons. The lowest BCUT2D eigenvalue weighted by Gasteiger charge is -2.00. The lowest BCUT2D eigenvalue weighted by atomic mass is 10.4. The number of fused-ring (bicyclic) bond motifs is 1. The van der Waals surface area contributed by atoms with Crippen LogP contribution in [0.3, 0.4) is 0 Å². The summed E-state index contributed by atoms with van der Waals surface area (Å²) in [4.78, 5) is 19.2. The van der Waals surface area contributed by atoms with Crippen LogP contribution in [0.1, 0.15) is 17.5 Å². The Bertz CT molecular complexity index is 552. The highest BCUT2D eigenvalue weighted by molar-refractivity contribution is 6.34. The number of hydrogen-bond donors (Lipinski definition) is 0. The molecule has 0 aliphatic heterocycles. The van der Waals surface area contributed by atoms with E-state index in [1.165, 1.54) is 0 Å². The van der Waals surface area contributed by atoms with Crippen LogP contribution < -0.4 is 0 Å². The average molecular weight is 241 g/mol. The molecule has 16 heavy (non-hydrogen) atoms. The van der Waals surface area contributed by atoms with Crippen molar-refractivity contribution in [1.29, 1.82) is 0 Å². The Labute approximate surface area is 96.2 Å². The van der Waals surface area contributed by atoms with E-state index in [1.807, 2.05) is 0 Å². The summed E-state index contributed by atoms with van der Waals surface area (Å²) >= 11 is 5.91. The molecular formula is C9H9ClN4O2. The minimum atomic E-state index is -0.600. The van der Waals surface area contributed by atoms with E-state index in [0.29, 0.717) is 11.0 Å². The van der Waals surface area contributed by atoms with Gasteiger partial charge >= 0.3 is 5.97 Å². The predicted molar refractivity (Wildman–Crippen MR) is 57.3 cm³/mol. The Morgan fingerprint density at radius 3 is 3.00 bits per heavy atom. The van der Waals surface area contributed by atoms with E-state index in [9.17, 15) is 4.79 Å². The topological polar surface area (TPSA) is 69.9 Å². The number of esters is 1. The first-order chi connectivity index (χ1) is 7.61. The van der Waals surface area contributed by atoms with Crippen LogP contribution in [0.25, 0.3) is 11.0 Å². The molecule has 2 heterocycles. The lowest BCUT2D eigenvalue weighted by molar-refractivity contribution is 0.0512. The molecule has 84 valence electrons. The van der Waals surface area contributed by atoms with Gasteiger partial charge in [0.2, 0.25) is 5.82 Å². The van der Waals surface area contributed by atoms with Crippen LogP contribution in [0.2, 0.25) is 5.15 Å². The number of halogens is 1. The maximum atomic E-state index is 11.4. The van der Waals surface area contributed by atoms with Gasteiger partial charge in [0.05, 0.1) is 12.0 Å². The zero-order chi connectivity index (χ0) is 11.7. The van der Waals surface area contributed by atoms with E-state index >= 15 is 0 Å². The molecule has 7 heteroatoms. The van der Waals surface area contributed by atoms with Gasteiger partial charge < -0.3 is 4.74 Å². The third kappa shape index (κ3) is 1.83. The monoisotopic (exact) mass is 240 g/mol. The number of carbonyl (C=O) groups excluding carboxylic acids is 1. The van der Waals surface area contributed by atoms with Crippen LogP contribution in [-0.2, 0) is 11.8 Å². The molecule has 2 aromatic heterocycles. The Kier molecular flexibility index (Phi) is 2.74. The maximum absolute atomic E-state index is 11.4. The van der Waals surface area contributed by atoms with Crippen molar-refractivity contribution in [2.24, 2.45) is 7.05 Å². The number of ether oxygens (including phenoxy) is 1. The van der Waals surface area contributed by atoms with Crippen LogP contribution in [0.5, 0.6) is 0 Å². The van der Waals surface area contributed by atoms with Gasteiger partial charge in [-0.05, 0) is 6.92 Å². The highest BCUT2D eigenvalue weighted by Crippen LogP contribution is 2.18. The fourth-order valence-corrected chi connectivity index (χ4v) is 1.48. The first-order valence-electron chi connectivity index (χ1n) is 4.66. The van der Waals surface area contributed by atoms with Crippen LogP contribution in [0.4, 0.5) is 0 Å². The molecular weight excluding hydrogens is 232 g/mol. The quantitative estimate of drug-likeness (QED) is 0.583. The molecule has 0 saturated carbocycles. The number of aromatic nitrogens is 4. The van der Waals surface area contributed by atoms with Crippen molar-refractivity contribution in [3.63, 3.8) is 0 Å². The van der Waals surface area contributed by atoms with Gasteiger partial charge in [-0.3, -0.25) is 4.68 Å². The molecule has 0 N–H and O–H groups in total. The van der Waals surface area contributed by atoms with Crippen LogP contribution >= 0.6 is 11.6 Å². The molecule has 0 bridgehead atoms. The van der Waals surface area contributed by atoms with Crippen LogP contribution in [0.15, 0.2) is 6.20 Å². The first kappa shape index (κ1) is 10.8. The number of rotatable bonds is 2. The fourth-order valence-electron chi connectivity index (χ4n) is 1.27. The van der Waals surface area contributed by atoms with Crippen molar-refractivity contribution in [3.05, 3.63) is 17.2 Å². The summed E-state index contributed by atoms with van der Waals surface area (Å²) in [6.07, 6.45) is 1.69. The second-order valence-electron chi connectivity index (χ2n) is 3.10. The molecule has 0 atom stereocenters. The minimum absolute atomic E-state index is 0.0712. The summed E-state index contributed by atoms with van der Waals surface area (Å²) in [5, 5.41) is 4.85. The third-order valence-electron chi connectivity index (χ3n) is 1.91. The number of hydrogen-bond acceptors (Lipinski definition) is 5. The van der Waals surface area contributed by atoms with Gasteiger partial charge in [0.25, 0.3) is 0 Å². The first-order valence-corrected chi connectivity index (χ1v) is 5.03. The van der Waals surface area contributed by atoms with E-state index in [4.69, 9.17) is 16.3 Å². The smallest absolute Gasteiger partial charge is 0.376 e. The third-order valence-corrected chi connectivity index (χ3v) is 2.19. The van der Waals surface area contributed by atoms with Gasteiger partial charge in [0.15, 0.2) is 5.65 Å². The zero-order valence-electron chi connectivity index (χ0n) is 8.77. The summed E-state index contributed by atoms with van der Waals surface area (Å²) in [6.45, 7) is 1.97. The Balaban J connectivity index is 2.53. The van der Waals surface area contributed by atoms with E-state index in [2.05, 4.69) is 15.1 Å². The van der Waals surface area contributed by atoms with E-state index < -0.39 is 5.97 Å². The van der Waals surface area contributed by atoms with E-state index in [0.717, 1.165) is 0 Å². The van der Waals surface area contributed by atoms with Crippen molar-refractivity contribution >= 4 is 28.6 Å². The normalized spacial score (nSPS) is 10.7. The number of carbonyl (C=O) groups is 1. The van der Waals surface area contributed by atoms with Crippen molar-refractivity contribution in [2.75, 3.05) is 6.61 Å². The molecule has 0 fully saturated rings. The largest absolute Gasteiger partial charge is 0.460 e. The Morgan fingerprint density at radius 1 is 1.56 bits per heavy atom. The maximum Gasteiger partial charge on any atom is 0.376 e. The predicted octanol–water partition coefficient (Wildman–Crippen LogP) is 1.19. The van der Waals surface area contributed by atoms with Crippen molar-refractivity contribution < 1.29 is 9.53 Å². The molecule has 0 saturated heterocycles. The van der Waals surface area contributed by atoms with Gasteiger partial charge in [-0.1, -0.05) is 11.6 Å². The zero-order valence-corrected chi connectivity index (χ0v) is 9.52. The highest BCUT2D eigenvalue weighted by atomic mass is 35.5. The van der Waals surface area contributed by atoms with Crippen molar-refractivity contribution in [3.8, 4) is 0 Å². The molecule has 6 nitrogen and oxygen atoms in total. The Morgan fingerprint density at radius 2 is 2.31 bits per heavy atom. The standard InChI is InChI=1S/C9H9ClN4O2/c1-3-16-9(15)8-11-6(10)5-4-14(2)13-7(5)12-8/h4H,3H2,1-2H3. The number of aryl methyl sites for hydroxylation is 1. The fraction of sp³-hybridized carbons (Fsp3) is 0.333. The van der Waals surface area contributed by atoms with Crippen LogP contribution in [0, 0.1) is 0 Å².